The Morgan fingerprint density at radius 2 is 2.10 bits per heavy atom. The molecule has 5 heteroatoms. The molecule has 1 aliphatic rings. The van der Waals surface area contributed by atoms with E-state index in [9.17, 15) is 0 Å². The van der Waals surface area contributed by atoms with Crippen molar-refractivity contribution in [2.45, 2.75) is 51.5 Å². The topological polar surface area (TPSA) is 49.3 Å². The molecule has 0 atom stereocenters. The summed E-state index contributed by atoms with van der Waals surface area (Å²) < 4.78 is 0. The van der Waals surface area contributed by atoms with Gasteiger partial charge < -0.3 is 10.6 Å². The minimum absolute atomic E-state index is 0.134. The van der Waals surface area contributed by atoms with Gasteiger partial charge in [-0.1, -0.05) is 32.9 Å². The van der Waals surface area contributed by atoms with Gasteiger partial charge in [-0.2, -0.15) is 0 Å². The Hall–Kier alpha value is -1.36. The van der Waals surface area contributed by atoms with E-state index in [1.54, 1.807) is 11.3 Å². The van der Waals surface area contributed by atoms with Crippen molar-refractivity contribution < 1.29 is 0 Å². The average molecular weight is 306 g/mol. The van der Waals surface area contributed by atoms with Crippen LogP contribution in [0.1, 0.15) is 44.3 Å². The summed E-state index contributed by atoms with van der Waals surface area (Å²) in [5, 5.41) is 10.2. The molecule has 4 nitrogen and oxygen atoms in total. The van der Waals surface area contributed by atoms with Gasteiger partial charge in [0.2, 0.25) is 0 Å². The molecule has 0 amide bonds. The van der Waals surface area contributed by atoms with Gasteiger partial charge in [-0.25, -0.2) is 4.98 Å². The summed E-state index contributed by atoms with van der Waals surface area (Å²) in [7, 11) is 1.82. The number of aromatic nitrogens is 1. The van der Waals surface area contributed by atoms with E-state index >= 15 is 0 Å². The van der Waals surface area contributed by atoms with Gasteiger partial charge in [0.15, 0.2) is 5.96 Å². The van der Waals surface area contributed by atoms with Gasteiger partial charge in [0, 0.05) is 36.9 Å². The van der Waals surface area contributed by atoms with E-state index in [0.29, 0.717) is 6.04 Å². The molecule has 0 fully saturated rings. The second-order valence-electron chi connectivity index (χ2n) is 6.41. The second-order valence-corrected chi connectivity index (χ2v) is 7.35. The van der Waals surface area contributed by atoms with Crippen molar-refractivity contribution in [1.82, 2.24) is 15.6 Å². The Morgan fingerprint density at radius 1 is 1.38 bits per heavy atom. The van der Waals surface area contributed by atoms with Crippen LogP contribution in [-0.4, -0.2) is 30.6 Å². The molecule has 0 saturated heterocycles. The van der Waals surface area contributed by atoms with Crippen molar-refractivity contribution in [2.75, 3.05) is 13.6 Å². The Bertz CT molecular complexity index is 503. The molecular formula is C16H26N4S. The molecule has 0 aromatic carbocycles. The monoisotopic (exact) mass is 306 g/mol. The van der Waals surface area contributed by atoms with Crippen LogP contribution < -0.4 is 10.6 Å². The molecule has 0 unspecified atom stereocenters. The zero-order chi connectivity index (χ0) is 15.3. The van der Waals surface area contributed by atoms with Crippen LogP contribution in [0.4, 0.5) is 0 Å². The highest BCUT2D eigenvalue weighted by Gasteiger charge is 2.17. The predicted octanol–water partition coefficient (Wildman–Crippen LogP) is 2.87. The zero-order valence-electron chi connectivity index (χ0n) is 13.4. The van der Waals surface area contributed by atoms with Gasteiger partial charge in [0.05, 0.1) is 10.7 Å². The van der Waals surface area contributed by atoms with Gasteiger partial charge in [-0.3, -0.25) is 4.99 Å². The quantitative estimate of drug-likeness (QED) is 0.511. The number of hydrogen-bond donors (Lipinski definition) is 2. The number of nitrogens with zero attached hydrogens (tertiary/aromatic N) is 2. The first-order chi connectivity index (χ1) is 9.99. The third kappa shape index (κ3) is 4.84. The molecule has 1 aromatic heterocycles. The number of aliphatic imine (C=N–C) groups is 1. The van der Waals surface area contributed by atoms with Crippen LogP contribution in [0, 0.1) is 0 Å². The first-order valence-electron chi connectivity index (χ1n) is 7.56. The molecule has 0 bridgehead atoms. The molecule has 21 heavy (non-hydrogen) atoms. The van der Waals surface area contributed by atoms with Gasteiger partial charge >= 0.3 is 0 Å². The summed E-state index contributed by atoms with van der Waals surface area (Å²) in [6, 6.07) is 0.489. The maximum absolute atomic E-state index is 4.72. The van der Waals surface area contributed by atoms with E-state index in [1.165, 1.54) is 10.7 Å². The maximum Gasteiger partial charge on any atom is 0.191 e. The number of rotatable bonds is 4. The van der Waals surface area contributed by atoms with Crippen LogP contribution >= 0.6 is 11.3 Å². The van der Waals surface area contributed by atoms with Crippen LogP contribution in [0.2, 0.25) is 0 Å². The third-order valence-corrected chi connectivity index (χ3v) is 4.43. The van der Waals surface area contributed by atoms with Crippen LogP contribution in [0.15, 0.2) is 22.5 Å². The number of thiazole rings is 1. The van der Waals surface area contributed by atoms with E-state index in [-0.39, 0.29) is 5.41 Å². The number of guanidine groups is 1. The molecule has 116 valence electrons. The zero-order valence-corrected chi connectivity index (χ0v) is 14.3. The molecule has 1 heterocycles. The summed E-state index contributed by atoms with van der Waals surface area (Å²) in [5.74, 6) is 0.885. The van der Waals surface area contributed by atoms with Crippen molar-refractivity contribution in [2.24, 2.45) is 4.99 Å². The smallest absolute Gasteiger partial charge is 0.191 e. The molecular weight excluding hydrogens is 280 g/mol. The minimum Gasteiger partial charge on any atom is -0.356 e. The fourth-order valence-corrected chi connectivity index (χ4v) is 3.21. The molecule has 0 aliphatic heterocycles. The van der Waals surface area contributed by atoms with Gasteiger partial charge in [0.1, 0.15) is 0 Å². The van der Waals surface area contributed by atoms with E-state index in [4.69, 9.17) is 4.98 Å². The highest BCUT2D eigenvalue weighted by atomic mass is 32.1. The number of nitrogens with one attached hydrogen (secondary N) is 2. The average Bonchev–Trinajstić information content (AvgIpc) is 3.07. The molecule has 1 aliphatic carbocycles. The molecule has 2 N–H and O–H groups in total. The van der Waals surface area contributed by atoms with Crippen LogP contribution in [0.3, 0.4) is 0 Å². The van der Waals surface area contributed by atoms with Gasteiger partial charge in [-0.15, -0.1) is 11.3 Å². The largest absolute Gasteiger partial charge is 0.356 e. The normalized spacial score (nSPS) is 16.5. The highest BCUT2D eigenvalue weighted by Crippen LogP contribution is 2.23. The summed E-state index contributed by atoms with van der Waals surface area (Å²) in [4.78, 5) is 8.99. The Kier molecular flexibility index (Phi) is 5.39. The SMILES string of the molecule is CN=C(NCCc1nc(C(C)(C)C)cs1)NC1CC=CC1. The highest BCUT2D eigenvalue weighted by molar-refractivity contribution is 7.09. The summed E-state index contributed by atoms with van der Waals surface area (Å²) in [5.41, 5.74) is 1.32. The van der Waals surface area contributed by atoms with Crippen molar-refractivity contribution >= 4 is 17.3 Å². The minimum atomic E-state index is 0.134. The lowest BCUT2D eigenvalue weighted by Gasteiger charge is -2.16. The summed E-state index contributed by atoms with van der Waals surface area (Å²) in [6.07, 6.45) is 7.54. The van der Waals surface area contributed by atoms with Gasteiger partial charge in [-0.05, 0) is 12.8 Å². The van der Waals surface area contributed by atoms with E-state index < -0.39 is 0 Å². The Balaban J connectivity index is 1.76. The predicted molar refractivity (Wildman–Crippen MR) is 91.2 cm³/mol. The first-order valence-corrected chi connectivity index (χ1v) is 8.44. The lowest BCUT2D eigenvalue weighted by atomic mass is 9.93. The molecule has 0 spiro atoms. The van der Waals surface area contributed by atoms with Crippen LogP contribution in [-0.2, 0) is 11.8 Å². The van der Waals surface area contributed by atoms with Gasteiger partial charge in [0.25, 0.3) is 0 Å². The Morgan fingerprint density at radius 3 is 2.67 bits per heavy atom. The third-order valence-electron chi connectivity index (χ3n) is 3.52. The van der Waals surface area contributed by atoms with Crippen molar-refractivity contribution in [3.63, 3.8) is 0 Å². The fraction of sp³-hybridized carbons (Fsp3) is 0.625. The van der Waals surface area contributed by atoms with Crippen LogP contribution in [0.25, 0.3) is 0 Å². The first kappa shape index (κ1) is 16.0. The lowest BCUT2D eigenvalue weighted by Crippen LogP contribution is -2.43. The van der Waals surface area contributed by atoms with E-state index in [2.05, 4.69) is 53.9 Å². The summed E-state index contributed by atoms with van der Waals surface area (Å²) in [6.45, 7) is 7.46. The van der Waals surface area contributed by atoms with E-state index in [0.717, 1.165) is 31.8 Å². The van der Waals surface area contributed by atoms with Crippen molar-refractivity contribution in [3.05, 3.63) is 28.2 Å². The molecule has 2 rings (SSSR count). The summed E-state index contributed by atoms with van der Waals surface area (Å²) >= 11 is 1.75. The second kappa shape index (κ2) is 7.07. The van der Waals surface area contributed by atoms with E-state index in [1.807, 2.05) is 7.05 Å². The van der Waals surface area contributed by atoms with Crippen LogP contribution in [0.5, 0.6) is 0 Å². The number of hydrogen-bond acceptors (Lipinski definition) is 3. The lowest BCUT2D eigenvalue weighted by molar-refractivity contribution is 0.570. The standard InChI is InChI=1S/C16H26N4S/c1-16(2,3)13-11-21-14(20-13)9-10-18-15(17-4)19-12-7-5-6-8-12/h5-6,11-12H,7-10H2,1-4H3,(H2,17,18,19). The molecule has 0 saturated carbocycles. The van der Waals surface area contributed by atoms with Crippen molar-refractivity contribution in [1.29, 1.82) is 0 Å². The fourth-order valence-electron chi connectivity index (χ4n) is 2.18. The molecule has 1 aromatic rings. The maximum atomic E-state index is 4.72. The Labute approximate surface area is 131 Å². The molecule has 0 radical (unpaired) electrons. The van der Waals surface area contributed by atoms with Crippen molar-refractivity contribution in [3.8, 4) is 0 Å².